The van der Waals surface area contributed by atoms with E-state index in [1.54, 1.807) is 35.3 Å². The topological polar surface area (TPSA) is 111 Å². The summed E-state index contributed by atoms with van der Waals surface area (Å²) < 4.78 is 17.5. The number of nitrogen functional groups attached to an aromatic ring is 1. The minimum atomic E-state index is -0.859. The molecule has 4 heterocycles. The Morgan fingerprint density at radius 2 is 1.94 bits per heavy atom. The van der Waals surface area contributed by atoms with Crippen molar-refractivity contribution in [1.29, 1.82) is 5.26 Å². The maximum atomic E-state index is 14.0. The van der Waals surface area contributed by atoms with Crippen LogP contribution in [0.3, 0.4) is 0 Å². The van der Waals surface area contributed by atoms with Gasteiger partial charge in [0, 0.05) is 30.9 Å². The fraction of sp³-hybridized carbons (Fsp3) is 0.125. The summed E-state index contributed by atoms with van der Waals surface area (Å²) in [7, 11) is 0. The zero-order valence-corrected chi connectivity index (χ0v) is 17.4. The lowest BCUT2D eigenvalue weighted by Crippen LogP contribution is -2.04. The molecule has 1 aromatic carbocycles. The number of hydrogen-bond donors (Lipinski definition) is 1. The number of rotatable bonds is 3. The molecule has 1 atom stereocenters. The van der Waals surface area contributed by atoms with Gasteiger partial charge in [0.1, 0.15) is 23.6 Å². The number of benzene rings is 1. The lowest BCUT2D eigenvalue weighted by Gasteiger charge is -2.12. The van der Waals surface area contributed by atoms with Crippen LogP contribution >= 0.6 is 0 Å². The van der Waals surface area contributed by atoms with Crippen LogP contribution in [-0.4, -0.2) is 35.5 Å². The van der Waals surface area contributed by atoms with Crippen LogP contribution in [0.4, 0.5) is 10.2 Å². The monoisotopic (exact) mass is 436 g/mol. The third-order valence-electron chi connectivity index (χ3n) is 5.84. The Morgan fingerprint density at radius 1 is 1.06 bits per heavy atom. The van der Waals surface area contributed by atoms with Gasteiger partial charge in [0.25, 0.3) is 0 Å². The zero-order chi connectivity index (χ0) is 22.5. The Morgan fingerprint density at radius 3 is 2.76 bits per heavy atom. The maximum Gasteiger partial charge on any atom is 0.167 e. The molecule has 1 aliphatic rings. The van der Waals surface area contributed by atoms with Crippen molar-refractivity contribution in [2.45, 2.75) is 19.0 Å². The van der Waals surface area contributed by atoms with Crippen LogP contribution in [0, 0.1) is 11.3 Å². The Bertz CT molecular complexity index is 1580. The summed E-state index contributed by atoms with van der Waals surface area (Å²) >= 11 is 0. The van der Waals surface area contributed by atoms with E-state index in [-0.39, 0.29) is 0 Å². The van der Waals surface area contributed by atoms with E-state index < -0.39 is 6.17 Å². The second-order valence-electron chi connectivity index (χ2n) is 7.94. The van der Waals surface area contributed by atoms with Crippen LogP contribution in [0.1, 0.15) is 16.8 Å². The molecule has 6 rings (SSSR count). The molecule has 8 nitrogen and oxygen atoms in total. The van der Waals surface area contributed by atoms with E-state index in [4.69, 9.17) is 21.0 Å². The Hall–Kier alpha value is -4.58. The molecule has 0 spiro atoms. The number of hydrogen-bond acceptors (Lipinski definition) is 6. The van der Waals surface area contributed by atoms with Crippen molar-refractivity contribution in [3.8, 4) is 29.0 Å². The molecule has 0 amide bonds. The summed E-state index contributed by atoms with van der Waals surface area (Å²) in [4.78, 5) is 13.8. The number of pyridine rings is 2. The normalized spacial score (nSPS) is 15.0. The first-order chi connectivity index (χ1) is 16.1. The van der Waals surface area contributed by atoms with Gasteiger partial charge < -0.3 is 5.73 Å². The molecule has 0 saturated carbocycles. The molecule has 0 aliphatic heterocycles. The quantitative estimate of drug-likeness (QED) is 0.463. The molecule has 2 N–H and O–H groups in total. The molecule has 0 saturated heterocycles. The summed E-state index contributed by atoms with van der Waals surface area (Å²) in [5.41, 5.74) is 11.2. The van der Waals surface area contributed by atoms with Crippen molar-refractivity contribution in [2.75, 3.05) is 5.73 Å². The van der Waals surface area contributed by atoms with Gasteiger partial charge in [0.2, 0.25) is 0 Å². The highest BCUT2D eigenvalue weighted by Crippen LogP contribution is 2.33. The van der Waals surface area contributed by atoms with E-state index in [0.29, 0.717) is 52.7 Å². The second-order valence-corrected chi connectivity index (χ2v) is 7.94. The van der Waals surface area contributed by atoms with Gasteiger partial charge in [-0.05, 0) is 53.6 Å². The molecule has 0 bridgehead atoms. The van der Waals surface area contributed by atoms with Crippen LogP contribution in [-0.2, 0) is 12.8 Å². The third-order valence-corrected chi connectivity index (χ3v) is 5.84. The van der Waals surface area contributed by atoms with Gasteiger partial charge in [-0.15, -0.1) is 0 Å². The van der Waals surface area contributed by atoms with Gasteiger partial charge in [-0.3, -0.25) is 4.57 Å². The first-order valence-electron chi connectivity index (χ1n) is 10.4. The fourth-order valence-corrected chi connectivity index (χ4v) is 4.31. The third kappa shape index (κ3) is 3.11. The van der Waals surface area contributed by atoms with E-state index >= 15 is 0 Å². The average Bonchev–Trinajstić information content (AvgIpc) is 3.54. The van der Waals surface area contributed by atoms with E-state index in [1.807, 2.05) is 41.0 Å². The summed E-state index contributed by atoms with van der Waals surface area (Å²) in [6, 6.07) is 16.8. The Kier molecular flexibility index (Phi) is 4.20. The van der Waals surface area contributed by atoms with Crippen molar-refractivity contribution in [3.05, 3.63) is 77.7 Å². The fourth-order valence-electron chi connectivity index (χ4n) is 4.31. The van der Waals surface area contributed by atoms with Crippen LogP contribution in [0.15, 0.2) is 60.9 Å². The molecule has 4 aromatic heterocycles. The highest BCUT2D eigenvalue weighted by Gasteiger charge is 2.23. The second kappa shape index (κ2) is 7.24. The lowest BCUT2D eigenvalue weighted by atomic mass is 10.1. The minimum Gasteiger partial charge on any atom is -0.383 e. The molecule has 33 heavy (non-hydrogen) atoms. The highest BCUT2D eigenvalue weighted by atomic mass is 19.1. The van der Waals surface area contributed by atoms with Crippen molar-refractivity contribution >= 4 is 17.0 Å². The number of imidazole rings is 1. The van der Waals surface area contributed by atoms with Crippen LogP contribution in [0.5, 0.6) is 0 Å². The first-order valence-corrected chi connectivity index (χ1v) is 10.4. The minimum absolute atomic E-state index is 0.300. The zero-order valence-electron chi connectivity index (χ0n) is 17.4. The van der Waals surface area contributed by atoms with E-state index in [1.165, 1.54) is 0 Å². The summed E-state index contributed by atoms with van der Waals surface area (Å²) in [6.07, 6.45) is 3.28. The van der Waals surface area contributed by atoms with Crippen molar-refractivity contribution in [3.63, 3.8) is 0 Å². The largest absolute Gasteiger partial charge is 0.383 e. The molecule has 9 heteroatoms. The van der Waals surface area contributed by atoms with Crippen molar-refractivity contribution < 1.29 is 4.39 Å². The summed E-state index contributed by atoms with van der Waals surface area (Å²) in [5, 5.41) is 13.3. The number of nitriles is 1. The van der Waals surface area contributed by atoms with Crippen molar-refractivity contribution in [1.82, 2.24) is 29.3 Å². The number of nitrogens with two attached hydrogens (primary N) is 1. The maximum absolute atomic E-state index is 14.0. The first kappa shape index (κ1) is 19.1. The van der Waals surface area contributed by atoms with Gasteiger partial charge in [0.15, 0.2) is 23.0 Å². The molecular formula is C24H17FN8. The van der Waals surface area contributed by atoms with E-state index in [9.17, 15) is 4.39 Å². The number of nitrogens with zero attached hydrogens (tertiary/aromatic N) is 7. The molecule has 0 radical (unpaired) electrons. The lowest BCUT2D eigenvalue weighted by molar-refractivity contribution is 0.349. The molecule has 160 valence electrons. The smallest absolute Gasteiger partial charge is 0.167 e. The van der Waals surface area contributed by atoms with Gasteiger partial charge in [-0.1, -0.05) is 6.07 Å². The van der Waals surface area contributed by atoms with Gasteiger partial charge in [0.05, 0.1) is 5.56 Å². The number of anilines is 1. The van der Waals surface area contributed by atoms with Crippen LogP contribution < -0.4 is 5.73 Å². The van der Waals surface area contributed by atoms with Crippen LogP contribution in [0.25, 0.3) is 34.1 Å². The van der Waals surface area contributed by atoms with Crippen molar-refractivity contribution in [2.24, 2.45) is 0 Å². The molecule has 1 unspecified atom stereocenters. The molecule has 1 aliphatic carbocycles. The number of halogens is 1. The number of alkyl halides is 1. The predicted molar refractivity (Wildman–Crippen MR) is 121 cm³/mol. The van der Waals surface area contributed by atoms with Gasteiger partial charge >= 0.3 is 0 Å². The molecular weight excluding hydrogens is 419 g/mol. The van der Waals surface area contributed by atoms with Gasteiger partial charge in [-0.25, -0.2) is 24.0 Å². The van der Waals surface area contributed by atoms with E-state index in [2.05, 4.69) is 10.1 Å². The standard InChI is InChI=1S/C24H17FN8/c25-16-10-14-3-4-18(12-15(14)11-16)33-23(19-2-1-8-28-22(19)27)29-20-5-6-21(30-24(20)33)32-9-7-17(13-26)31-32/h1-9,12,16H,10-11H2,(H2,27,28). The van der Waals surface area contributed by atoms with E-state index in [0.717, 1.165) is 16.8 Å². The Balaban J connectivity index is 1.61. The SMILES string of the molecule is N#Cc1ccn(-c2ccc3nc(-c4cccnc4N)n(-c4ccc5c(c4)CC(F)C5)c3n2)n1. The summed E-state index contributed by atoms with van der Waals surface area (Å²) in [5.74, 6) is 1.49. The Labute approximate surface area is 187 Å². The van der Waals surface area contributed by atoms with Crippen LogP contribution in [0.2, 0.25) is 0 Å². The highest BCUT2D eigenvalue weighted by molar-refractivity contribution is 5.83. The summed E-state index contributed by atoms with van der Waals surface area (Å²) in [6.45, 7) is 0. The number of aromatic nitrogens is 6. The average molecular weight is 436 g/mol. The molecule has 5 aromatic rings. The predicted octanol–water partition coefficient (Wildman–Crippen LogP) is 3.56. The van der Waals surface area contributed by atoms with Gasteiger partial charge in [-0.2, -0.15) is 10.4 Å². The molecule has 0 fully saturated rings. The number of fused-ring (bicyclic) bond motifs is 2.